The van der Waals surface area contributed by atoms with E-state index >= 15 is 0 Å². The average molecular weight is 423 g/mol. The van der Waals surface area contributed by atoms with Crippen LogP contribution in [0.5, 0.6) is 0 Å². The van der Waals surface area contributed by atoms with Crippen LogP contribution in [-0.2, 0) is 6.54 Å². The van der Waals surface area contributed by atoms with Gasteiger partial charge in [-0.3, -0.25) is 4.90 Å². The van der Waals surface area contributed by atoms with Crippen LogP contribution in [-0.4, -0.2) is 63.0 Å². The van der Waals surface area contributed by atoms with Crippen molar-refractivity contribution in [3.63, 3.8) is 0 Å². The van der Waals surface area contributed by atoms with Gasteiger partial charge in [0.05, 0.1) is 0 Å². The largest absolute Gasteiger partial charge is 0.346 e. The molecule has 5 heterocycles. The predicted octanol–water partition coefficient (Wildman–Crippen LogP) is 4.52. The Morgan fingerprint density at radius 3 is 2.59 bits per heavy atom. The lowest BCUT2D eigenvalue weighted by Gasteiger charge is -2.32. The van der Waals surface area contributed by atoms with Gasteiger partial charge in [-0.1, -0.05) is 18.2 Å². The van der Waals surface area contributed by atoms with E-state index in [1.54, 1.807) is 0 Å². The molecule has 6 nitrogen and oxygen atoms in total. The van der Waals surface area contributed by atoms with E-state index in [9.17, 15) is 0 Å². The average Bonchev–Trinajstić information content (AvgIpc) is 3.46. The van der Waals surface area contributed by atoms with Crippen molar-refractivity contribution < 1.29 is 0 Å². The second-order valence-corrected chi connectivity index (χ2v) is 8.74. The monoisotopic (exact) mass is 422 g/mol. The van der Waals surface area contributed by atoms with Crippen LogP contribution in [0.2, 0.25) is 0 Å². The summed E-state index contributed by atoms with van der Waals surface area (Å²) in [6, 6.07) is 15.3. The number of benzene rings is 1. The maximum absolute atomic E-state index is 4.71. The van der Waals surface area contributed by atoms with Crippen molar-refractivity contribution in [3.05, 3.63) is 72.8 Å². The lowest BCUT2D eigenvalue weighted by Crippen LogP contribution is -2.43. The number of hydrogen-bond acceptors (Lipinski definition) is 4. The Bertz CT molecular complexity index is 1390. The molecule has 6 rings (SSSR count). The minimum absolute atomic E-state index is 0.895. The maximum atomic E-state index is 4.71. The number of piperazine rings is 1. The maximum Gasteiger partial charge on any atom is 0.137 e. The number of pyridine rings is 2. The van der Waals surface area contributed by atoms with E-state index < -0.39 is 0 Å². The summed E-state index contributed by atoms with van der Waals surface area (Å²) >= 11 is 0. The smallest absolute Gasteiger partial charge is 0.137 e. The van der Waals surface area contributed by atoms with Crippen molar-refractivity contribution in [1.29, 1.82) is 0 Å². The Hall–Kier alpha value is -3.48. The van der Waals surface area contributed by atoms with E-state index in [-0.39, 0.29) is 0 Å². The molecule has 1 fully saturated rings. The highest BCUT2D eigenvalue weighted by atomic mass is 15.2. The molecule has 0 aliphatic carbocycles. The molecule has 5 aromatic rings. The number of fused-ring (bicyclic) bond motifs is 2. The van der Waals surface area contributed by atoms with Crippen LogP contribution < -0.4 is 0 Å². The predicted molar refractivity (Wildman–Crippen MR) is 129 cm³/mol. The van der Waals surface area contributed by atoms with Crippen LogP contribution in [0.15, 0.2) is 67.3 Å². The van der Waals surface area contributed by atoms with Gasteiger partial charge in [-0.15, -0.1) is 0 Å². The topological polar surface area (TPSA) is 63.8 Å². The Balaban J connectivity index is 1.33. The number of nitrogens with zero attached hydrogens (tertiary/aromatic N) is 4. The van der Waals surface area contributed by atoms with Gasteiger partial charge in [0.2, 0.25) is 0 Å². The molecule has 0 unspecified atom stereocenters. The molecule has 1 aromatic carbocycles. The van der Waals surface area contributed by atoms with Crippen LogP contribution >= 0.6 is 0 Å². The fourth-order valence-electron chi connectivity index (χ4n) is 4.60. The minimum atomic E-state index is 0.895. The summed E-state index contributed by atoms with van der Waals surface area (Å²) in [5.41, 5.74) is 7.70. The minimum Gasteiger partial charge on any atom is -0.346 e. The lowest BCUT2D eigenvalue weighted by molar-refractivity contribution is 0.148. The first-order valence-corrected chi connectivity index (χ1v) is 11.1. The quantitative estimate of drug-likeness (QED) is 0.447. The molecule has 160 valence electrons. The summed E-state index contributed by atoms with van der Waals surface area (Å²) in [6.45, 7) is 5.52. The van der Waals surface area contributed by atoms with Crippen molar-refractivity contribution in [1.82, 2.24) is 29.7 Å². The zero-order valence-electron chi connectivity index (χ0n) is 18.2. The first kappa shape index (κ1) is 19.2. The molecule has 6 heteroatoms. The Kier molecular flexibility index (Phi) is 4.74. The number of aromatic amines is 2. The van der Waals surface area contributed by atoms with Gasteiger partial charge < -0.3 is 14.9 Å². The molecule has 0 saturated carbocycles. The molecular weight excluding hydrogens is 396 g/mol. The van der Waals surface area contributed by atoms with E-state index in [1.165, 1.54) is 11.1 Å². The summed E-state index contributed by atoms with van der Waals surface area (Å²) in [6.07, 6.45) is 7.84. The van der Waals surface area contributed by atoms with Crippen molar-refractivity contribution in [2.75, 3.05) is 33.2 Å². The van der Waals surface area contributed by atoms with Crippen LogP contribution in [0.4, 0.5) is 0 Å². The van der Waals surface area contributed by atoms with Gasteiger partial charge in [0, 0.05) is 85.0 Å². The molecule has 0 radical (unpaired) electrons. The van der Waals surface area contributed by atoms with E-state index in [0.717, 1.165) is 71.5 Å². The van der Waals surface area contributed by atoms with Gasteiger partial charge in [0.1, 0.15) is 11.3 Å². The van der Waals surface area contributed by atoms with Gasteiger partial charge in [0.25, 0.3) is 0 Å². The fourth-order valence-corrected chi connectivity index (χ4v) is 4.60. The molecule has 0 atom stereocenters. The molecular formula is C26H26N6. The van der Waals surface area contributed by atoms with Crippen LogP contribution in [0, 0.1) is 0 Å². The van der Waals surface area contributed by atoms with Crippen molar-refractivity contribution in [2.24, 2.45) is 0 Å². The van der Waals surface area contributed by atoms with E-state index in [2.05, 4.69) is 74.3 Å². The van der Waals surface area contributed by atoms with Crippen molar-refractivity contribution in [3.8, 4) is 22.3 Å². The van der Waals surface area contributed by atoms with Crippen LogP contribution in [0.25, 0.3) is 44.3 Å². The number of rotatable bonds is 4. The number of nitrogens with one attached hydrogen (secondary N) is 2. The van der Waals surface area contributed by atoms with Gasteiger partial charge in [0.15, 0.2) is 0 Å². The number of hydrogen-bond donors (Lipinski definition) is 2. The fraction of sp³-hybridized carbons (Fsp3) is 0.231. The number of aromatic nitrogens is 4. The molecule has 0 amide bonds. The zero-order chi connectivity index (χ0) is 21.5. The normalized spacial score (nSPS) is 15.7. The Labute approximate surface area is 186 Å². The summed E-state index contributed by atoms with van der Waals surface area (Å²) in [7, 11) is 2.20. The van der Waals surface area contributed by atoms with E-state index in [1.807, 2.05) is 24.8 Å². The molecule has 0 bridgehead atoms. The Morgan fingerprint density at radius 1 is 0.844 bits per heavy atom. The SMILES string of the molecule is CN1CCN(Cc2cccc(-c3cnc4[nH]cc(-c5cnc6[nH]ccc6c5)c4c3)c2)CC1. The first-order valence-electron chi connectivity index (χ1n) is 11.1. The highest BCUT2D eigenvalue weighted by molar-refractivity contribution is 5.97. The third-order valence-electron chi connectivity index (χ3n) is 6.50. The first-order chi connectivity index (χ1) is 15.7. The molecule has 1 aliphatic rings. The van der Waals surface area contributed by atoms with E-state index in [4.69, 9.17) is 4.98 Å². The molecule has 4 aromatic heterocycles. The summed E-state index contributed by atoms with van der Waals surface area (Å²) in [5, 5.41) is 2.22. The molecule has 0 spiro atoms. The van der Waals surface area contributed by atoms with Crippen molar-refractivity contribution >= 4 is 22.1 Å². The van der Waals surface area contributed by atoms with Gasteiger partial charge in [-0.2, -0.15) is 0 Å². The van der Waals surface area contributed by atoms with E-state index in [0.29, 0.717) is 0 Å². The molecule has 2 N–H and O–H groups in total. The second-order valence-electron chi connectivity index (χ2n) is 8.74. The van der Waals surface area contributed by atoms with Gasteiger partial charge in [-0.25, -0.2) is 9.97 Å². The molecule has 1 saturated heterocycles. The molecule has 1 aliphatic heterocycles. The summed E-state index contributed by atoms with van der Waals surface area (Å²) < 4.78 is 0. The second kappa shape index (κ2) is 7.89. The summed E-state index contributed by atoms with van der Waals surface area (Å²) in [4.78, 5) is 20.7. The van der Waals surface area contributed by atoms with Crippen molar-refractivity contribution in [2.45, 2.75) is 6.54 Å². The van der Waals surface area contributed by atoms with Gasteiger partial charge >= 0.3 is 0 Å². The number of likely N-dealkylation sites (N-methyl/N-ethyl adjacent to an activating group) is 1. The van der Waals surface area contributed by atoms with Crippen LogP contribution in [0.1, 0.15) is 5.56 Å². The number of H-pyrrole nitrogens is 2. The third-order valence-corrected chi connectivity index (χ3v) is 6.50. The highest BCUT2D eigenvalue weighted by Gasteiger charge is 2.15. The highest BCUT2D eigenvalue weighted by Crippen LogP contribution is 2.32. The van der Waals surface area contributed by atoms with Gasteiger partial charge in [-0.05, 0) is 42.4 Å². The lowest BCUT2D eigenvalue weighted by atomic mass is 10.0. The standard InChI is InChI=1S/C26H26N6/c1-31-7-9-32(10-8-31)17-18-3-2-4-19(11-18)21-13-23-24(16-30-26(23)29-14-21)22-12-20-5-6-27-25(20)28-15-22/h2-6,11-16H,7-10,17H2,1H3,(H,27,28)(H,29,30). The third kappa shape index (κ3) is 3.57. The summed E-state index contributed by atoms with van der Waals surface area (Å²) in [5.74, 6) is 0. The zero-order valence-corrected chi connectivity index (χ0v) is 18.2. The van der Waals surface area contributed by atoms with Crippen LogP contribution in [0.3, 0.4) is 0 Å². The molecule has 32 heavy (non-hydrogen) atoms. The Morgan fingerprint density at radius 2 is 1.69 bits per heavy atom.